The molecular weight excluding hydrogens is 280 g/mol. The zero-order valence-electron chi connectivity index (χ0n) is 5.28. The summed E-state index contributed by atoms with van der Waals surface area (Å²) in [7, 11) is 0. The summed E-state index contributed by atoms with van der Waals surface area (Å²) in [5.41, 5.74) is 0. The predicted molar refractivity (Wildman–Crippen MR) is 51.8 cm³/mol. The normalized spacial score (nSPS) is 14.8. The highest BCUT2D eigenvalue weighted by Crippen LogP contribution is 2.14. The largest absolute Gasteiger partial charge is 0.274 e. The van der Waals surface area contributed by atoms with Crippen LogP contribution in [0.25, 0.3) is 0 Å². The fourth-order valence-electron chi connectivity index (χ4n) is 0.549. The van der Waals surface area contributed by atoms with Gasteiger partial charge in [-0.3, -0.25) is 9.59 Å². The molecule has 0 unspecified atom stereocenters. The number of rotatable bonds is 0. The fraction of sp³-hybridized carbons (Fsp3) is 0.500. The summed E-state index contributed by atoms with van der Waals surface area (Å²) in [6, 6.07) is 0. The molecule has 0 bridgehead atoms. The van der Waals surface area contributed by atoms with Gasteiger partial charge in [0.15, 0.2) is 0 Å². The second-order valence-corrected chi connectivity index (χ2v) is 2.28. The minimum absolute atomic E-state index is 0. The van der Waals surface area contributed by atoms with E-state index in [4.69, 9.17) is 0 Å². The highest BCUT2D eigenvalue weighted by atomic mass is 79.9. The minimum atomic E-state index is -0.144. The van der Waals surface area contributed by atoms with Crippen molar-refractivity contribution in [3.63, 3.8) is 0 Å². The van der Waals surface area contributed by atoms with Gasteiger partial charge in [-0.25, -0.2) is 3.93 Å². The van der Waals surface area contributed by atoms with Crippen LogP contribution >= 0.6 is 53.4 Å². The molecule has 1 fully saturated rings. The highest BCUT2D eigenvalue weighted by molar-refractivity contribution is 9.08. The fourth-order valence-corrected chi connectivity index (χ4v) is 0.904. The third kappa shape index (κ3) is 4.15. The van der Waals surface area contributed by atoms with Crippen molar-refractivity contribution < 1.29 is 9.59 Å². The summed E-state index contributed by atoms with van der Waals surface area (Å²) >= 11 is 2.80. The molecular formula is C4H7BrCl3NO2. The molecule has 0 N–H and O–H groups in total. The Morgan fingerprint density at radius 2 is 1.27 bits per heavy atom. The Bertz CT molecular complexity index is 138. The summed E-state index contributed by atoms with van der Waals surface area (Å²) in [5, 5.41) is 0. The molecule has 0 radical (unpaired) electrons. The molecule has 0 spiro atoms. The van der Waals surface area contributed by atoms with Crippen LogP contribution in [-0.2, 0) is 9.59 Å². The van der Waals surface area contributed by atoms with Crippen LogP contribution < -0.4 is 0 Å². The van der Waals surface area contributed by atoms with Gasteiger partial charge >= 0.3 is 0 Å². The molecule has 11 heavy (non-hydrogen) atoms. The van der Waals surface area contributed by atoms with Gasteiger partial charge in [-0.15, -0.1) is 37.2 Å². The standard InChI is InChI=1S/C4H4BrNO2.3ClH/c5-6-3(7)1-2-4(6)8;;;/h1-2H2;3*1H. The maximum Gasteiger partial charge on any atom is 0.239 e. The van der Waals surface area contributed by atoms with Crippen LogP contribution in [0.2, 0.25) is 0 Å². The SMILES string of the molecule is Cl.Cl.Cl.O=C1CCC(=O)N1Br. The van der Waals surface area contributed by atoms with Crippen LogP contribution in [0.4, 0.5) is 0 Å². The van der Waals surface area contributed by atoms with Crippen molar-refractivity contribution in [2.45, 2.75) is 12.8 Å². The van der Waals surface area contributed by atoms with E-state index in [2.05, 4.69) is 16.1 Å². The van der Waals surface area contributed by atoms with Gasteiger partial charge in [0.25, 0.3) is 0 Å². The average molecular weight is 287 g/mol. The third-order valence-electron chi connectivity index (χ3n) is 0.991. The van der Waals surface area contributed by atoms with E-state index in [-0.39, 0.29) is 49.0 Å². The molecule has 0 aromatic carbocycles. The van der Waals surface area contributed by atoms with Gasteiger partial charge in [-0.2, -0.15) is 0 Å². The number of amides is 2. The summed E-state index contributed by atoms with van der Waals surface area (Å²) in [4.78, 5) is 20.9. The van der Waals surface area contributed by atoms with E-state index in [1.807, 2.05) is 0 Å². The number of nitrogens with zero attached hydrogens (tertiary/aromatic N) is 1. The lowest BCUT2D eigenvalue weighted by molar-refractivity contribution is -0.131. The van der Waals surface area contributed by atoms with E-state index >= 15 is 0 Å². The number of hydrogen-bond donors (Lipinski definition) is 0. The Hall–Kier alpha value is 0.490. The topological polar surface area (TPSA) is 37.4 Å². The molecule has 7 heteroatoms. The predicted octanol–water partition coefficient (Wildman–Crippen LogP) is 1.71. The van der Waals surface area contributed by atoms with Crippen LogP contribution in [0.3, 0.4) is 0 Å². The van der Waals surface area contributed by atoms with Crippen molar-refractivity contribution in [1.82, 2.24) is 3.93 Å². The van der Waals surface area contributed by atoms with Gasteiger partial charge < -0.3 is 0 Å². The Balaban J connectivity index is -0.000000213. The van der Waals surface area contributed by atoms with Crippen molar-refractivity contribution in [3.8, 4) is 0 Å². The Morgan fingerprint density at radius 3 is 1.36 bits per heavy atom. The van der Waals surface area contributed by atoms with Crippen LogP contribution in [0.15, 0.2) is 0 Å². The van der Waals surface area contributed by atoms with Gasteiger partial charge in [-0.05, 0) is 0 Å². The lowest BCUT2D eigenvalue weighted by Crippen LogP contribution is -2.16. The Morgan fingerprint density at radius 1 is 1.00 bits per heavy atom. The number of carbonyl (C=O) groups is 2. The van der Waals surface area contributed by atoms with Crippen LogP contribution in [0, 0.1) is 0 Å². The monoisotopic (exact) mass is 285 g/mol. The molecule has 0 atom stereocenters. The maximum atomic E-state index is 10.4. The highest BCUT2D eigenvalue weighted by Gasteiger charge is 2.26. The van der Waals surface area contributed by atoms with Crippen molar-refractivity contribution in [2.24, 2.45) is 0 Å². The first kappa shape index (κ1) is 17.5. The van der Waals surface area contributed by atoms with Crippen LogP contribution in [0.5, 0.6) is 0 Å². The zero-order valence-corrected chi connectivity index (χ0v) is 9.32. The Labute approximate surface area is 91.4 Å². The first-order chi connectivity index (χ1) is 3.72. The van der Waals surface area contributed by atoms with Gasteiger partial charge in [-0.1, -0.05) is 0 Å². The van der Waals surface area contributed by atoms with E-state index in [1.54, 1.807) is 0 Å². The summed E-state index contributed by atoms with van der Waals surface area (Å²) in [6.45, 7) is 0. The average Bonchev–Trinajstić information content (AvgIpc) is 1.98. The molecule has 1 saturated heterocycles. The quantitative estimate of drug-likeness (QED) is 0.502. The number of hydrogen-bond acceptors (Lipinski definition) is 2. The maximum absolute atomic E-state index is 10.4. The molecule has 0 aliphatic carbocycles. The molecule has 1 heterocycles. The lowest BCUT2D eigenvalue weighted by atomic mass is 10.4. The van der Waals surface area contributed by atoms with E-state index in [0.717, 1.165) is 3.93 Å². The number of halogens is 4. The first-order valence-electron chi connectivity index (χ1n) is 2.23. The van der Waals surface area contributed by atoms with E-state index < -0.39 is 0 Å². The molecule has 1 rings (SSSR count). The zero-order chi connectivity index (χ0) is 6.15. The van der Waals surface area contributed by atoms with Crippen LogP contribution in [-0.4, -0.2) is 15.7 Å². The number of imide groups is 1. The van der Waals surface area contributed by atoms with Crippen molar-refractivity contribution in [1.29, 1.82) is 0 Å². The van der Waals surface area contributed by atoms with Crippen molar-refractivity contribution >= 4 is 65.2 Å². The third-order valence-corrected chi connectivity index (χ3v) is 1.78. The van der Waals surface area contributed by atoms with E-state index in [1.165, 1.54) is 0 Å². The smallest absolute Gasteiger partial charge is 0.239 e. The molecule has 1 aliphatic rings. The molecule has 1 aliphatic heterocycles. The second kappa shape index (κ2) is 7.16. The Kier molecular flexibility index (Phi) is 11.4. The van der Waals surface area contributed by atoms with Gasteiger partial charge in [0.1, 0.15) is 0 Å². The molecule has 0 aromatic rings. The van der Waals surface area contributed by atoms with Crippen molar-refractivity contribution in [3.05, 3.63) is 0 Å². The van der Waals surface area contributed by atoms with Crippen molar-refractivity contribution in [2.75, 3.05) is 0 Å². The molecule has 68 valence electrons. The lowest BCUT2D eigenvalue weighted by Gasteiger charge is -1.97. The first-order valence-corrected chi connectivity index (χ1v) is 2.94. The summed E-state index contributed by atoms with van der Waals surface area (Å²) in [6.07, 6.45) is 0.703. The van der Waals surface area contributed by atoms with E-state index in [9.17, 15) is 9.59 Å². The van der Waals surface area contributed by atoms with Gasteiger partial charge in [0.2, 0.25) is 11.8 Å². The summed E-state index contributed by atoms with van der Waals surface area (Å²) in [5.74, 6) is -0.287. The molecule has 0 saturated carbocycles. The second-order valence-electron chi connectivity index (χ2n) is 1.57. The molecule has 3 nitrogen and oxygen atoms in total. The van der Waals surface area contributed by atoms with E-state index in [0.29, 0.717) is 12.8 Å². The molecule has 2 amide bonds. The van der Waals surface area contributed by atoms with Gasteiger partial charge in [0, 0.05) is 12.8 Å². The van der Waals surface area contributed by atoms with Gasteiger partial charge in [0.05, 0.1) is 16.1 Å². The van der Waals surface area contributed by atoms with Crippen LogP contribution in [0.1, 0.15) is 12.8 Å². The number of carbonyl (C=O) groups excluding carboxylic acids is 2. The summed E-state index contributed by atoms with van der Waals surface area (Å²) < 4.78 is 0.979. The molecule has 0 aromatic heterocycles. The minimum Gasteiger partial charge on any atom is -0.274 e.